The van der Waals surface area contributed by atoms with E-state index in [9.17, 15) is 14.7 Å². The Hall–Kier alpha value is -4.06. The molecule has 6 nitrogen and oxygen atoms in total. The number of hydrogen-bond acceptors (Lipinski definition) is 5. The van der Waals surface area contributed by atoms with Gasteiger partial charge in [0.2, 0.25) is 5.91 Å². The minimum absolute atomic E-state index is 0.101. The first-order valence-electron chi connectivity index (χ1n) is 9.40. The molecule has 0 saturated carbocycles. The van der Waals surface area contributed by atoms with Crippen molar-refractivity contribution in [2.45, 2.75) is 6.42 Å². The zero-order valence-corrected chi connectivity index (χ0v) is 16.3. The zero-order valence-electron chi connectivity index (χ0n) is 16.3. The fourth-order valence-corrected chi connectivity index (χ4v) is 2.76. The fraction of sp³-hybridized carbons (Fsp3) is 0.0833. The van der Waals surface area contributed by atoms with E-state index in [1.807, 2.05) is 30.3 Å². The number of rotatable bonds is 8. The highest BCUT2D eigenvalue weighted by Gasteiger charge is 2.14. The lowest BCUT2D eigenvalue weighted by atomic mass is 10.0. The molecule has 0 radical (unpaired) electrons. The molecule has 0 heterocycles. The van der Waals surface area contributed by atoms with Gasteiger partial charge < -0.3 is 10.4 Å². The number of azo groups is 1. The van der Waals surface area contributed by atoms with Gasteiger partial charge in [0.25, 0.3) is 0 Å². The van der Waals surface area contributed by atoms with Gasteiger partial charge in [-0.2, -0.15) is 10.2 Å². The van der Waals surface area contributed by atoms with Crippen LogP contribution in [-0.4, -0.2) is 23.3 Å². The third kappa shape index (κ3) is 5.48. The summed E-state index contributed by atoms with van der Waals surface area (Å²) in [6.45, 7) is 3.94. The monoisotopic (exact) mass is 399 g/mol. The van der Waals surface area contributed by atoms with Crippen molar-refractivity contribution >= 4 is 23.1 Å². The van der Waals surface area contributed by atoms with Crippen LogP contribution < -0.4 is 5.32 Å². The van der Waals surface area contributed by atoms with E-state index in [0.29, 0.717) is 29.9 Å². The lowest BCUT2D eigenvalue weighted by Gasteiger charge is -2.05. The lowest BCUT2D eigenvalue weighted by molar-refractivity contribution is -0.116. The Balaban J connectivity index is 1.68. The average Bonchev–Trinajstić information content (AvgIpc) is 2.79. The van der Waals surface area contributed by atoms with E-state index in [-0.39, 0.29) is 23.0 Å². The van der Waals surface area contributed by atoms with E-state index in [1.165, 1.54) is 18.2 Å². The highest BCUT2D eigenvalue weighted by Crippen LogP contribution is 2.27. The van der Waals surface area contributed by atoms with Crippen LogP contribution >= 0.6 is 0 Å². The molecule has 1 amide bonds. The van der Waals surface area contributed by atoms with Gasteiger partial charge in [-0.05, 0) is 48.4 Å². The van der Waals surface area contributed by atoms with E-state index >= 15 is 0 Å². The Morgan fingerprint density at radius 1 is 0.933 bits per heavy atom. The summed E-state index contributed by atoms with van der Waals surface area (Å²) in [5, 5.41) is 21.2. The molecule has 0 aliphatic rings. The molecule has 0 saturated heterocycles. The molecule has 3 aromatic rings. The Morgan fingerprint density at radius 3 is 2.30 bits per heavy atom. The van der Waals surface area contributed by atoms with Crippen LogP contribution in [0.2, 0.25) is 0 Å². The second-order valence-corrected chi connectivity index (χ2v) is 6.51. The highest BCUT2D eigenvalue weighted by molar-refractivity contribution is 6.11. The van der Waals surface area contributed by atoms with Crippen LogP contribution in [0, 0.1) is 0 Å². The maximum Gasteiger partial charge on any atom is 0.243 e. The molecule has 3 rings (SSSR count). The molecule has 0 bridgehead atoms. The van der Waals surface area contributed by atoms with E-state index in [0.717, 1.165) is 5.56 Å². The van der Waals surface area contributed by atoms with Crippen LogP contribution in [0.25, 0.3) is 0 Å². The number of nitrogens with zero attached hydrogens (tertiary/aromatic N) is 2. The molecule has 0 aliphatic carbocycles. The molecule has 30 heavy (non-hydrogen) atoms. The molecule has 0 aromatic heterocycles. The number of nitrogens with one attached hydrogen (secondary N) is 1. The van der Waals surface area contributed by atoms with Crippen molar-refractivity contribution < 1.29 is 14.7 Å². The summed E-state index contributed by atoms with van der Waals surface area (Å²) in [6, 6.07) is 20.8. The van der Waals surface area contributed by atoms with Crippen LogP contribution in [0.5, 0.6) is 5.75 Å². The largest absolute Gasteiger partial charge is 0.507 e. The summed E-state index contributed by atoms with van der Waals surface area (Å²) in [4.78, 5) is 23.8. The Labute approximate surface area is 174 Å². The molecule has 2 N–H and O–H groups in total. The van der Waals surface area contributed by atoms with Crippen LogP contribution in [0.1, 0.15) is 21.5 Å². The summed E-state index contributed by atoms with van der Waals surface area (Å²) < 4.78 is 0. The second kappa shape index (κ2) is 9.93. The van der Waals surface area contributed by atoms with E-state index in [2.05, 4.69) is 22.1 Å². The number of ketones is 1. The number of phenols is 1. The number of hydrogen-bond donors (Lipinski definition) is 2. The maximum atomic E-state index is 12.6. The Kier molecular flexibility index (Phi) is 6.84. The molecular formula is C24H21N3O3. The second-order valence-electron chi connectivity index (χ2n) is 6.51. The summed E-state index contributed by atoms with van der Waals surface area (Å²) >= 11 is 0. The number of carbonyl (C=O) groups excluding carboxylic acids is 2. The third-order valence-corrected chi connectivity index (χ3v) is 4.38. The first-order chi connectivity index (χ1) is 14.6. The summed E-state index contributed by atoms with van der Waals surface area (Å²) in [6.07, 6.45) is 1.94. The summed E-state index contributed by atoms with van der Waals surface area (Å²) in [7, 11) is 0. The third-order valence-electron chi connectivity index (χ3n) is 4.38. The number of carbonyl (C=O) groups is 2. The molecule has 0 spiro atoms. The zero-order chi connectivity index (χ0) is 21.3. The summed E-state index contributed by atoms with van der Waals surface area (Å²) in [5.41, 5.74) is 2.83. The molecular weight excluding hydrogens is 378 g/mol. The predicted molar refractivity (Wildman–Crippen MR) is 116 cm³/mol. The van der Waals surface area contributed by atoms with Gasteiger partial charge in [0.05, 0.1) is 16.9 Å². The van der Waals surface area contributed by atoms with Gasteiger partial charge in [-0.15, -0.1) is 0 Å². The number of phenolic OH excluding ortho intramolecular Hbond substituents is 1. The number of amides is 1. The van der Waals surface area contributed by atoms with Crippen molar-refractivity contribution in [2.75, 3.05) is 6.54 Å². The van der Waals surface area contributed by atoms with Crippen molar-refractivity contribution in [3.8, 4) is 5.75 Å². The van der Waals surface area contributed by atoms with Crippen molar-refractivity contribution in [3.05, 3.63) is 102 Å². The van der Waals surface area contributed by atoms with Crippen molar-refractivity contribution in [3.63, 3.8) is 0 Å². The molecule has 0 unspecified atom stereocenters. The van der Waals surface area contributed by atoms with Crippen LogP contribution in [0.4, 0.5) is 11.4 Å². The molecule has 0 aliphatic heterocycles. The fourth-order valence-electron chi connectivity index (χ4n) is 2.76. The van der Waals surface area contributed by atoms with E-state index in [1.54, 1.807) is 30.3 Å². The first-order valence-corrected chi connectivity index (χ1v) is 9.40. The smallest absolute Gasteiger partial charge is 0.243 e. The topological polar surface area (TPSA) is 91.1 Å². The number of benzene rings is 3. The van der Waals surface area contributed by atoms with Gasteiger partial charge in [0.15, 0.2) is 5.78 Å². The maximum absolute atomic E-state index is 12.6. The highest BCUT2D eigenvalue weighted by atomic mass is 16.3. The predicted octanol–water partition coefficient (Wildman–Crippen LogP) is 4.88. The van der Waals surface area contributed by atoms with Gasteiger partial charge in [0, 0.05) is 12.1 Å². The number of aromatic hydroxyl groups is 1. The summed E-state index contributed by atoms with van der Waals surface area (Å²) in [5.74, 6) is -0.576. The van der Waals surface area contributed by atoms with Crippen molar-refractivity contribution in [1.29, 1.82) is 0 Å². The van der Waals surface area contributed by atoms with Gasteiger partial charge in [0.1, 0.15) is 5.75 Å². The van der Waals surface area contributed by atoms with E-state index in [4.69, 9.17) is 0 Å². The molecule has 150 valence electrons. The van der Waals surface area contributed by atoms with Gasteiger partial charge in [-0.25, -0.2) is 0 Å². The molecule has 0 fully saturated rings. The normalized spacial score (nSPS) is 10.7. The van der Waals surface area contributed by atoms with Gasteiger partial charge in [-0.3, -0.25) is 9.59 Å². The van der Waals surface area contributed by atoms with Gasteiger partial charge in [-0.1, -0.05) is 49.0 Å². The quantitative estimate of drug-likeness (QED) is 0.321. The Bertz CT molecular complexity index is 1070. The average molecular weight is 399 g/mol. The van der Waals surface area contributed by atoms with Crippen molar-refractivity contribution in [2.24, 2.45) is 10.2 Å². The minimum Gasteiger partial charge on any atom is -0.507 e. The standard InChI is InChI=1S/C24H21N3O3/c1-2-23(29)25-15-14-17-8-10-19(11-9-17)26-27-20-12-13-22(28)21(16-20)24(30)18-6-4-3-5-7-18/h2-13,16,28H,1,14-15H2,(H,25,29). The first kappa shape index (κ1) is 20.7. The van der Waals surface area contributed by atoms with Crippen LogP contribution in [-0.2, 0) is 11.2 Å². The van der Waals surface area contributed by atoms with Crippen LogP contribution in [0.15, 0.2) is 95.7 Å². The lowest BCUT2D eigenvalue weighted by Crippen LogP contribution is -2.23. The van der Waals surface area contributed by atoms with Crippen molar-refractivity contribution in [1.82, 2.24) is 5.32 Å². The minimum atomic E-state index is -0.280. The molecule has 6 heteroatoms. The van der Waals surface area contributed by atoms with E-state index < -0.39 is 0 Å². The Morgan fingerprint density at radius 2 is 1.60 bits per heavy atom. The molecule has 3 aromatic carbocycles. The SMILES string of the molecule is C=CC(=O)NCCc1ccc(N=Nc2ccc(O)c(C(=O)c3ccccc3)c2)cc1. The van der Waals surface area contributed by atoms with Gasteiger partial charge >= 0.3 is 0 Å². The van der Waals surface area contributed by atoms with Crippen LogP contribution in [0.3, 0.4) is 0 Å². The molecule has 0 atom stereocenters.